The van der Waals surface area contributed by atoms with Crippen LogP contribution in [-0.2, 0) is 21.4 Å². The maximum atomic E-state index is 11.5. The molecule has 1 aromatic rings. The van der Waals surface area contributed by atoms with Gasteiger partial charge in [-0.05, 0) is 97.9 Å². The second-order valence-corrected chi connectivity index (χ2v) is 21.2. The van der Waals surface area contributed by atoms with Crippen molar-refractivity contribution >= 4 is 174 Å². The Bertz CT molecular complexity index is 2050. The molecule has 2 unspecified atom stereocenters. The molecule has 9 rings (SSSR count). The summed E-state index contributed by atoms with van der Waals surface area (Å²) in [5, 5.41) is 11.9. The highest BCUT2D eigenvalue weighted by Crippen LogP contribution is 2.40. The molecule has 432 valence electrons. The van der Waals surface area contributed by atoms with Crippen LogP contribution in [0.1, 0.15) is 85.1 Å². The summed E-state index contributed by atoms with van der Waals surface area (Å²) in [6, 6.07) is -0.167. The maximum absolute atomic E-state index is 11.5. The number of rotatable bonds is 4. The molecule has 19 nitrogen and oxygen atoms in total. The molecule has 0 spiro atoms. The van der Waals surface area contributed by atoms with Gasteiger partial charge in [0.05, 0.1) is 30.5 Å². The Hall–Kier alpha value is -3.77. The molecule has 2 atom stereocenters. The summed E-state index contributed by atoms with van der Waals surface area (Å²) in [6.45, 7) is 13.7. The van der Waals surface area contributed by atoms with Crippen molar-refractivity contribution in [1.82, 2.24) is 69.2 Å². The highest BCUT2D eigenvalue weighted by molar-refractivity contribution is 8.03. The van der Waals surface area contributed by atoms with E-state index in [0.717, 1.165) is 84.9 Å². The average molecular weight is 1230 g/mol. The molecular weight excluding hydrogens is 1140 g/mol. The fourth-order valence-electron chi connectivity index (χ4n) is 6.79. The van der Waals surface area contributed by atoms with E-state index in [1.807, 2.05) is 61.5 Å². The number of aromatic nitrogens is 4. The fourth-order valence-corrected chi connectivity index (χ4v) is 11.4. The van der Waals surface area contributed by atoms with E-state index >= 15 is 0 Å². The van der Waals surface area contributed by atoms with Crippen molar-refractivity contribution in [1.29, 1.82) is 0 Å². The number of aryl methyl sites for hydroxylation is 1. The number of thiocarbonyl (C=S) groups is 7. The smallest absolute Gasteiger partial charge is 0.326 e. The van der Waals surface area contributed by atoms with E-state index in [4.69, 9.17) is 85.5 Å². The van der Waals surface area contributed by atoms with Crippen LogP contribution in [0.25, 0.3) is 0 Å². The van der Waals surface area contributed by atoms with Crippen molar-refractivity contribution in [3.8, 4) is 0 Å². The summed E-state index contributed by atoms with van der Waals surface area (Å²) in [5.41, 5.74) is 0. The van der Waals surface area contributed by atoms with Crippen LogP contribution in [0.3, 0.4) is 0 Å². The average Bonchev–Trinajstić information content (AvgIpc) is 4.25. The van der Waals surface area contributed by atoms with Gasteiger partial charge in [-0.25, -0.2) is 14.3 Å². The molecule has 9 heterocycles. The highest BCUT2D eigenvalue weighted by Gasteiger charge is 2.37. The van der Waals surface area contributed by atoms with E-state index in [0.29, 0.717) is 24.0 Å². The zero-order valence-electron chi connectivity index (χ0n) is 41.3. The number of hydrogen-bond acceptors (Lipinski definition) is 17. The van der Waals surface area contributed by atoms with Gasteiger partial charge in [0.2, 0.25) is 11.8 Å². The van der Waals surface area contributed by atoms with Crippen LogP contribution in [0.2, 0.25) is 0 Å². The first-order valence-corrected chi connectivity index (χ1v) is 27.0. The number of imide groups is 2. The largest absolute Gasteiger partial charge is 0.342 e. The van der Waals surface area contributed by atoms with Gasteiger partial charge in [-0.1, -0.05) is 106 Å². The highest BCUT2D eigenvalue weighted by atomic mass is 32.2. The molecule has 0 radical (unpaired) electrons. The van der Waals surface area contributed by atoms with Gasteiger partial charge < -0.3 is 34.3 Å². The Balaban J connectivity index is -0.000000395. The number of amides is 7. The topological polar surface area (TPSA) is 161 Å². The summed E-state index contributed by atoms with van der Waals surface area (Å²) >= 11 is 39.3. The Kier molecular flexibility index (Phi) is 38.5. The molecule has 8 aliphatic heterocycles. The third-order valence-electron chi connectivity index (χ3n) is 11.5. The summed E-state index contributed by atoms with van der Waals surface area (Å²) in [5.74, 6) is 2.28. The van der Waals surface area contributed by atoms with Gasteiger partial charge in [0.25, 0.3) is 5.91 Å². The van der Waals surface area contributed by atoms with E-state index in [1.54, 1.807) is 43.9 Å². The molecule has 76 heavy (non-hydrogen) atoms. The van der Waals surface area contributed by atoms with Crippen LogP contribution in [0.15, 0.2) is 28.3 Å². The number of thioether (sulfide) groups is 2. The van der Waals surface area contributed by atoms with Gasteiger partial charge in [-0.3, -0.25) is 29.1 Å². The minimum atomic E-state index is -0.187. The van der Waals surface area contributed by atoms with Gasteiger partial charge >= 0.3 is 12.1 Å². The number of tetrazole rings is 1. The minimum absolute atomic E-state index is 0. The predicted octanol–water partition coefficient (Wildman–Crippen LogP) is 8.21. The van der Waals surface area contributed by atoms with E-state index in [9.17, 15) is 24.0 Å². The van der Waals surface area contributed by atoms with E-state index in [-0.39, 0.29) is 86.8 Å². The molecule has 8 aliphatic rings. The maximum Gasteiger partial charge on any atom is 0.326 e. The lowest BCUT2D eigenvalue weighted by atomic mass is 10.0. The lowest BCUT2D eigenvalue weighted by Crippen LogP contribution is -2.39. The van der Waals surface area contributed by atoms with E-state index in [2.05, 4.69) is 45.2 Å². The molecule has 0 aromatic carbocycles. The minimum Gasteiger partial charge on any atom is -0.342 e. The monoisotopic (exact) mass is 1230 g/mol. The van der Waals surface area contributed by atoms with Gasteiger partial charge in [0, 0.05) is 92.4 Å². The van der Waals surface area contributed by atoms with Crippen molar-refractivity contribution in [3.05, 3.63) is 28.3 Å². The third kappa shape index (κ3) is 20.8. The number of hydrogen-bond donors (Lipinski definition) is 0. The Morgan fingerprint density at radius 1 is 0.513 bits per heavy atom. The standard InChI is InChI=1S/C8H9NO2S.C8H9NS3.C6H10N2O2.C6H10N2OS.2C6H10N2S2.C2H4N4.6CH4/c2*1-9-7(10)4-6-5(8(9)11)2-3-12-6;1-3-8-4-5(9)7(2)6(8)10;1-3-8-4-5(10)7(2)6(8)9;2*1-3-8-4-5(9)7(2)6(8)10;1-6-2-3-4-5-6;;;;;;/h2*4-5H,2-3H2,1H3;4*3-4H2,1-2H3;2H,1H3;6*1H4. The quantitative estimate of drug-likeness (QED) is 0.161. The normalized spacial score (nSPS) is 19.8. The SMILES string of the molecule is C.C.C.C.C.C.CCN1CC(=O)N(C)C1=O.CCN1CC(=S)N(C)C1=O.CCN1CC(=S)N(C)C1=S.CCN1CC(=S)N(C)C1=S.CN1C(=O)C=C2SCCC2C1=O.CN1C(=S)C=C2SCCC2C1=S.Cn1cnnn1. The first-order valence-electron chi connectivity index (χ1n) is 22.2. The number of nitrogens with zero attached hydrogens (tertiary/aromatic N) is 14. The molecule has 6 saturated heterocycles. The molecule has 0 bridgehead atoms. The van der Waals surface area contributed by atoms with E-state index in [1.165, 1.54) is 49.8 Å². The first kappa shape index (κ1) is 78.7. The molecule has 0 saturated carbocycles. The molecule has 28 heteroatoms. The van der Waals surface area contributed by atoms with Crippen molar-refractivity contribution in [2.45, 2.75) is 85.1 Å². The van der Waals surface area contributed by atoms with Crippen LogP contribution in [0, 0.1) is 11.8 Å². The molecule has 0 aliphatic carbocycles. The summed E-state index contributed by atoms with van der Waals surface area (Å²) in [4.78, 5) is 79.3. The second-order valence-electron chi connectivity index (χ2n) is 15.9. The number of carbonyl (C=O) groups is 5. The molecule has 1 aromatic heterocycles. The summed E-state index contributed by atoms with van der Waals surface area (Å²) in [6.07, 6.45) is 7.27. The molecule has 7 amide bonds. The summed E-state index contributed by atoms with van der Waals surface area (Å²) < 4.78 is 1.53. The first-order chi connectivity index (χ1) is 32.9. The van der Waals surface area contributed by atoms with Crippen molar-refractivity contribution < 1.29 is 24.0 Å². The lowest BCUT2D eigenvalue weighted by Gasteiger charge is -2.28. The van der Waals surface area contributed by atoms with Crippen LogP contribution in [-0.4, -0.2) is 240 Å². The number of carbonyl (C=O) groups excluding carboxylic acids is 5. The Labute approximate surface area is 501 Å². The zero-order chi connectivity index (χ0) is 52.7. The van der Waals surface area contributed by atoms with Crippen molar-refractivity contribution in [3.63, 3.8) is 0 Å². The molecule has 0 N–H and O–H groups in total. The van der Waals surface area contributed by atoms with Crippen molar-refractivity contribution in [2.24, 2.45) is 18.9 Å². The fraction of sp³-hybridized carbons (Fsp3) is 0.646. The number of urea groups is 2. The number of likely N-dealkylation sites (N-methyl/N-ethyl adjacent to an activating group) is 10. The van der Waals surface area contributed by atoms with E-state index < -0.39 is 0 Å². The van der Waals surface area contributed by atoms with Crippen LogP contribution >= 0.6 is 109 Å². The molecular formula is C48H86N14O5S9. The van der Waals surface area contributed by atoms with Gasteiger partial charge in [0.1, 0.15) is 32.8 Å². The van der Waals surface area contributed by atoms with Gasteiger partial charge in [0.15, 0.2) is 10.2 Å². The Morgan fingerprint density at radius 3 is 1.22 bits per heavy atom. The molecule has 6 fully saturated rings. The predicted molar refractivity (Wildman–Crippen MR) is 346 cm³/mol. The Morgan fingerprint density at radius 2 is 0.921 bits per heavy atom. The zero-order valence-corrected chi connectivity index (χ0v) is 48.7. The van der Waals surface area contributed by atoms with Crippen LogP contribution in [0.4, 0.5) is 9.59 Å². The van der Waals surface area contributed by atoms with Gasteiger partial charge in [-0.2, -0.15) is 0 Å². The van der Waals surface area contributed by atoms with Gasteiger partial charge in [-0.15, -0.1) is 28.6 Å². The van der Waals surface area contributed by atoms with Crippen molar-refractivity contribution in [2.75, 3.05) is 106 Å². The van der Waals surface area contributed by atoms with Crippen LogP contribution in [0.5, 0.6) is 0 Å². The number of fused-ring (bicyclic) bond motifs is 2. The lowest BCUT2D eigenvalue weighted by molar-refractivity contribution is -0.143. The van der Waals surface area contributed by atoms with Crippen LogP contribution < -0.4 is 0 Å². The third-order valence-corrected chi connectivity index (χ3v) is 17.1. The second kappa shape index (κ2) is 37.2. The summed E-state index contributed by atoms with van der Waals surface area (Å²) in [7, 11) is 12.3.